The summed E-state index contributed by atoms with van der Waals surface area (Å²) in [5, 5.41) is 7.28. The third-order valence-corrected chi connectivity index (χ3v) is 27.8. The zero-order valence-corrected chi connectivity index (χ0v) is 74.2. The molecular weight excluding hydrogens is 1610 g/mol. The molecule has 0 aliphatic heterocycles. The molecule has 3 aliphatic rings. The third kappa shape index (κ3) is 13.4. The highest BCUT2D eigenvalue weighted by Crippen LogP contribution is 2.56. The van der Waals surface area contributed by atoms with Crippen LogP contribution >= 0.6 is 0 Å². The molecule has 3 aliphatic carbocycles. The van der Waals surface area contributed by atoms with Gasteiger partial charge in [-0.25, -0.2) is 9.24 Å². The number of hydrogen-bond donors (Lipinski definition) is 0. The summed E-state index contributed by atoms with van der Waals surface area (Å²) in [4.78, 5) is 10.6. The molecule has 0 N–H and O–H groups in total. The lowest BCUT2D eigenvalue weighted by Crippen LogP contribution is -2.16. The van der Waals surface area contributed by atoms with Crippen molar-refractivity contribution in [1.29, 1.82) is 0 Å². The molecule has 3 heterocycles. The molecule has 25 rings (SSSR count). The highest BCUT2D eigenvalue weighted by molar-refractivity contribution is 6.14. The van der Waals surface area contributed by atoms with Gasteiger partial charge in [0.2, 0.25) is 0 Å². The lowest BCUT2D eigenvalue weighted by Gasteiger charge is -2.28. The summed E-state index contributed by atoms with van der Waals surface area (Å²) in [6.45, 7) is 21.4. The molecule has 0 atom stereocenters. The maximum absolute atomic E-state index is 14.1. The van der Waals surface area contributed by atoms with Crippen molar-refractivity contribution < 1.29 is 4.39 Å². The van der Waals surface area contributed by atoms with E-state index in [4.69, 9.17) is 6.57 Å². The lowest BCUT2D eigenvalue weighted by atomic mass is 9.82. The number of anilines is 9. The van der Waals surface area contributed by atoms with Crippen molar-refractivity contribution in [3.8, 4) is 61.6 Å². The van der Waals surface area contributed by atoms with E-state index in [0.717, 1.165) is 68.1 Å². The molecule has 19 aromatic carbocycles. The molecule has 0 radical (unpaired) electrons. The van der Waals surface area contributed by atoms with E-state index in [0.29, 0.717) is 5.69 Å². The van der Waals surface area contributed by atoms with Gasteiger partial charge in [0, 0.05) is 117 Å². The van der Waals surface area contributed by atoms with Crippen molar-refractivity contribution >= 4 is 122 Å². The van der Waals surface area contributed by atoms with E-state index < -0.39 is 0 Å². The number of aromatic nitrogens is 3. The number of benzene rings is 19. The van der Waals surface area contributed by atoms with Gasteiger partial charge in [0.1, 0.15) is 5.82 Å². The highest BCUT2D eigenvalue weighted by Gasteiger charge is 2.39. The fraction of sp³-hybridized carbons (Fsp3) is 0.0726. The molecule has 0 saturated heterocycles. The van der Waals surface area contributed by atoms with Crippen LogP contribution in [0, 0.1) is 12.4 Å². The Kier molecular flexibility index (Phi) is 19.4. The number of para-hydroxylation sites is 6. The van der Waals surface area contributed by atoms with Crippen molar-refractivity contribution in [1.82, 2.24) is 13.7 Å². The van der Waals surface area contributed by atoms with Crippen molar-refractivity contribution in [2.24, 2.45) is 0 Å². The summed E-state index contributed by atoms with van der Waals surface area (Å²) in [6.07, 6.45) is 0. The molecule has 0 bridgehead atoms. The molecule has 0 spiro atoms. The summed E-state index contributed by atoms with van der Waals surface area (Å²) in [5.41, 5.74) is 38.8. The van der Waals surface area contributed by atoms with Gasteiger partial charge in [0.15, 0.2) is 5.69 Å². The Bertz CT molecular complexity index is 8300. The molecular formula is C124H92FN7. The summed E-state index contributed by atoms with van der Waals surface area (Å²) >= 11 is 0. The first-order chi connectivity index (χ1) is 64.6. The first-order valence-electron chi connectivity index (χ1n) is 45.4. The van der Waals surface area contributed by atoms with Crippen LogP contribution < -0.4 is 14.7 Å². The summed E-state index contributed by atoms with van der Waals surface area (Å²) < 4.78 is 21.2. The van der Waals surface area contributed by atoms with E-state index >= 15 is 0 Å². The van der Waals surface area contributed by atoms with E-state index in [-0.39, 0.29) is 22.1 Å². The Morgan fingerprint density at radius 1 is 0.212 bits per heavy atom. The van der Waals surface area contributed by atoms with Crippen LogP contribution in [0.3, 0.4) is 0 Å². The second kappa shape index (κ2) is 32.0. The predicted octanol–water partition coefficient (Wildman–Crippen LogP) is 34.0. The molecule has 0 fully saturated rings. The van der Waals surface area contributed by atoms with E-state index in [2.05, 4.69) is 481 Å². The van der Waals surface area contributed by atoms with Crippen LogP contribution in [0.1, 0.15) is 74.9 Å². The molecule has 7 nitrogen and oxygen atoms in total. The molecule has 630 valence electrons. The van der Waals surface area contributed by atoms with Gasteiger partial charge in [-0.05, 0) is 272 Å². The molecule has 22 aromatic rings. The number of rotatable bonds is 13. The SMILES string of the molecule is CC1(C)c2ccccc2-c2ccc(N(c3ccc(-c4ccccc4)cc3)c3ccc4c(c3)c3ccccc3n4-c3ccccc3)cc21.CC1(C)c2ccccc2-c2ccc(N(c3ccc(F)cc3)c3ccc4c(c3)c3ccccc3n4-c3ccccc3)cc21.[C-]#[N+]c1ccc(N(c2ccc3c(c2)C(C)(C)c2ccccc2-3)c2ccc3c(c2)c2ccccc2n3-c2ccccc2)cc1. The van der Waals surface area contributed by atoms with Crippen LogP contribution in [0.4, 0.5) is 61.3 Å². The van der Waals surface area contributed by atoms with Crippen molar-refractivity contribution in [2.75, 3.05) is 14.7 Å². The van der Waals surface area contributed by atoms with Gasteiger partial charge in [-0.15, -0.1) is 0 Å². The maximum Gasteiger partial charge on any atom is 0.187 e. The Morgan fingerprint density at radius 3 is 0.788 bits per heavy atom. The Morgan fingerprint density at radius 2 is 0.455 bits per heavy atom. The first-order valence-corrected chi connectivity index (χ1v) is 45.4. The van der Waals surface area contributed by atoms with Gasteiger partial charge in [-0.3, -0.25) is 0 Å². The standard InChI is InChI=1S/C45H34N2.C40H29N3.C39H29FN2/c1-45(2)41-19-11-9-17-37(41)38-27-25-36(30-42(38)45)46(34-23-21-32(22-24-34)31-13-5-3-6-14-31)35-26-28-44-40(29-35)39-18-10-12-20-43(39)47(44)33-15-7-4-8-16-33;1-40(2)36-15-9-7-13-32(36)33-23-21-31(26-37(33)40)42(29-19-17-27(41-3)18-20-29)30-22-24-39-35(25-30)34-14-8-10-16-38(34)43(39)28-11-5-4-6-12-28;1-39(2)35-14-8-6-12-31(35)32-22-20-30(25-36(32)39)41(28-18-16-26(40)17-19-28)29-21-23-38-34(24-29)33-13-7-9-15-37(33)42(38)27-10-4-3-5-11-27/h3-30H,1-2H3;4-26H,1-2H3;3-25H,1-2H3. The Balaban J connectivity index is 0.000000113. The fourth-order valence-corrected chi connectivity index (χ4v) is 21.4. The van der Waals surface area contributed by atoms with Crippen LogP contribution in [0.5, 0.6) is 0 Å². The lowest BCUT2D eigenvalue weighted by molar-refractivity contribution is 0.628. The van der Waals surface area contributed by atoms with Crippen LogP contribution in [0.15, 0.2) is 449 Å². The van der Waals surface area contributed by atoms with Crippen molar-refractivity contribution in [3.05, 3.63) is 500 Å². The normalized spacial score (nSPS) is 13.1. The minimum Gasteiger partial charge on any atom is -0.311 e. The first kappa shape index (κ1) is 80.0. The quantitative estimate of drug-likeness (QED) is 0.108. The second-order valence-electron chi connectivity index (χ2n) is 36.4. The summed E-state index contributed by atoms with van der Waals surface area (Å²) in [6, 6.07) is 159. The smallest absolute Gasteiger partial charge is 0.187 e. The molecule has 3 aromatic heterocycles. The largest absolute Gasteiger partial charge is 0.311 e. The van der Waals surface area contributed by atoms with Gasteiger partial charge >= 0.3 is 0 Å². The molecule has 132 heavy (non-hydrogen) atoms. The summed E-state index contributed by atoms with van der Waals surface area (Å²) in [5.74, 6) is -0.245. The Hall–Kier alpha value is -16.6. The van der Waals surface area contributed by atoms with Crippen LogP contribution in [0.2, 0.25) is 0 Å². The van der Waals surface area contributed by atoms with Gasteiger partial charge in [-0.1, -0.05) is 296 Å². The minimum atomic E-state index is -0.245. The second-order valence-corrected chi connectivity index (χ2v) is 36.4. The maximum atomic E-state index is 14.1. The zero-order valence-electron chi connectivity index (χ0n) is 74.2. The molecule has 0 amide bonds. The zero-order chi connectivity index (χ0) is 89.1. The van der Waals surface area contributed by atoms with Crippen LogP contribution in [0.25, 0.3) is 132 Å². The fourth-order valence-electron chi connectivity index (χ4n) is 21.4. The highest BCUT2D eigenvalue weighted by atomic mass is 19.1. The molecule has 8 heteroatoms. The number of hydrogen-bond acceptors (Lipinski definition) is 3. The number of halogens is 1. The average molecular weight is 1700 g/mol. The number of fused-ring (bicyclic) bond motifs is 18. The Labute approximate surface area is 768 Å². The minimum absolute atomic E-state index is 0.0855. The van der Waals surface area contributed by atoms with E-state index in [1.165, 1.54) is 156 Å². The van der Waals surface area contributed by atoms with Gasteiger partial charge in [0.05, 0.1) is 39.7 Å². The van der Waals surface area contributed by atoms with Crippen LogP contribution in [-0.4, -0.2) is 13.7 Å². The van der Waals surface area contributed by atoms with Crippen LogP contribution in [-0.2, 0) is 16.2 Å². The van der Waals surface area contributed by atoms with E-state index in [1.54, 1.807) is 0 Å². The molecule has 0 saturated carbocycles. The van der Waals surface area contributed by atoms with Gasteiger partial charge < -0.3 is 28.4 Å². The van der Waals surface area contributed by atoms with Crippen molar-refractivity contribution in [2.45, 2.75) is 57.8 Å². The topological polar surface area (TPSA) is 28.9 Å². The van der Waals surface area contributed by atoms with E-state index in [1.807, 2.05) is 30.3 Å². The van der Waals surface area contributed by atoms with E-state index in [9.17, 15) is 4.39 Å². The van der Waals surface area contributed by atoms with Gasteiger partial charge in [0.25, 0.3) is 0 Å². The predicted molar refractivity (Wildman–Crippen MR) is 551 cm³/mol. The molecule has 0 unspecified atom stereocenters. The van der Waals surface area contributed by atoms with Crippen molar-refractivity contribution in [3.63, 3.8) is 0 Å². The average Bonchev–Trinajstić information content (AvgIpc) is 1.55. The monoisotopic (exact) mass is 1700 g/mol. The number of nitrogens with zero attached hydrogens (tertiary/aromatic N) is 7. The summed E-state index contributed by atoms with van der Waals surface area (Å²) in [7, 11) is 0. The third-order valence-electron chi connectivity index (χ3n) is 27.8. The van der Waals surface area contributed by atoms with Gasteiger partial charge in [-0.2, -0.15) is 0 Å².